The number of aromatic amines is 1. The third kappa shape index (κ3) is 7.57. The first-order valence-corrected chi connectivity index (χ1v) is 15.0. The van der Waals surface area contributed by atoms with Crippen molar-refractivity contribution in [3.05, 3.63) is 101 Å². The first kappa shape index (κ1) is 30.6. The number of aliphatic imine (C=N–C) groups is 1. The Morgan fingerprint density at radius 1 is 1.02 bits per heavy atom. The van der Waals surface area contributed by atoms with Gasteiger partial charge in [0.25, 0.3) is 0 Å². The molecule has 2 atom stereocenters. The van der Waals surface area contributed by atoms with Crippen molar-refractivity contribution in [2.75, 3.05) is 17.6 Å². The predicted octanol–water partition coefficient (Wildman–Crippen LogP) is 3.57. The number of rotatable bonds is 11. The molecular weight excluding hydrogens is 578 g/mol. The van der Waals surface area contributed by atoms with Crippen LogP contribution in [0.1, 0.15) is 62.6 Å². The third-order valence-electron chi connectivity index (χ3n) is 6.61. The van der Waals surface area contributed by atoms with Gasteiger partial charge in [-0.3, -0.25) is 9.59 Å². The van der Waals surface area contributed by atoms with Crippen LogP contribution in [0.5, 0.6) is 0 Å². The van der Waals surface area contributed by atoms with Crippen molar-refractivity contribution in [2.24, 2.45) is 4.99 Å². The van der Waals surface area contributed by atoms with Gasteiger partial charge in [0.15, 0.2) is 17.4 Å². The summed E-state index contributed by atoms with van der Waals surface area (Å²) >= 11 is 1.45. The molecule has 2 aromatic heterocycles. The zero-order valence-electron chi connectivity index (χ0n) is 24.8. The molecule has 0 saturated heterocycles. The zero-order valence-corrected chi connectivity index (χ0v) is 25.6. The highest BCUT2D eigenvalue weighted by atomic mass is 32.2. The van der Waals surface area contributed by atoms with Crippen LogP contribution in [-0.2, 0) is 15.1 Å². The molecule has 2 unspecified atom stereocenters. The van der Waals surface area contributed by atoms with Gasteiger partial charge in [-0.1, -0.05) is 47.7 Å². The van der Waals surface area contributed by atoms with Gasteiger partial charge in [0.2, 0.25) is 5.91 Å². The van der Waals surface area contributed by atoms with Gasteiger partial charge < -0.3 is 10.6 Å². The van der Waals surface area contributed by atoms with Gasteiger partial charge in [-0.05, 0) is 66.6 Å². The number of nitrogens with zero attached hydrogens (tertiary/aromatic N) is 8. The number of carbonyl (C=O) groups excluding carboxylic acids is 2. The Morgan fingerprint density at radius 2 is 1.77 bits per heavy atom. The molecule has 3 N–H and O–H groups in total. The number of ketones is 1. The van der Waals surface area contributed by atoms with Crippen molar-refractivity contribution >= 4 is 34.9 Å². The van der Waals surface area contributed by atoms with Gasteiger partial charge in [0.1, 0.15) is 6.04 Å². The fourth-order valence-electron chi connectivity index (χ4n) is 4.62. The van der Waals surface area contributed by atoms with Crippen LogP contribution in [0.2, 0.25) is 0 Å². The Morgan fingerprint density at radius 3 is 2.45 bits per heavy atom. The molecule has 1 aliphatic carbocycles. The fourth-order valence-corrected chi connectivity index (χ4v) is 5.52. The Kier molecular flexibility index (Phi) is 9.50. The number of H-pyrrole nitrogens is 1. The summed E-state index contributed by atoms with van der Waals surface area (Å²) in [6.07, 6.45) is 4.48. The Hall–Kier alpha value is -4.82. The summed E-state index contributed by atoms with van der Waals surface area (Å²) in [5.41, 5.74) is 3.03. The number of carbonyl (C=O) groups is 2. The van der Waals surface area contributed by atoms with Crippen LogP contribution in [0.25, 0.3) is 0 Å². The van der Waals surface area contributed by atoms with Crippen molar-refractivity contribution in [3.63, 3.8) is 0 Å². The molecule has 0 saturated carbocycles. The maximum absolute atomic E-state index is 11.9. The number of amides is 1. The van der Waals surface area contributed by atoms with E-state index < -0.39 is 0 Å². The van der Waals surface area contributed by atoms with Crippen molar-refractivity contribution in [2.45, 2.75) is 45.3 Å². The predicted molar refractivity (Wildman–Crippen MR) is 168 cm³/mol. The lowest BCUT2D eigenvalue weighted by molar-refractivity contribution is -0.115. The van der Waals surface area contributed by atoms with Gasteiger partial charge in [-0.25, -0.2) is 9.67 Å². The monoisotopic (exact) mass is 611 g/mol. The average molecular weight is 612 g/mol. The highest BCUT2D eigenvalue weighted by Crippen LogP contribution is 2.29. The second-order valence-electron chi connectivity index (χ2n) is 11.0. The molecule has 44 heavy (non-hydrogen) atoms. The molecular formula is C30H33N11O2S. The van der Waals surface area contributed by atoms with E-state index in [9.17, 15) is 9.59 Å². The molecule has 1 amide bonds. The fraction of sp³-hybridized carbons (Fsp3) is 0.300. The lowest BCUT2D eigenvalue weighted by atomic mass is 10.0. The molecule has 5 rings (SSSR count). The minimum Gasteiger partial charge on any atom is -0.371 e. The molecule has 13 nitrogen and oxygen atoms in total. The van der Waals surface area contributed by atoms with Gasteiger partial charge in [-0.2, -0.15) is 5.21 Å². The maximum atomic E-state index is 11.9. The van der Waals surface area contributed by atoms with Gasteiger partial charge in [0, 0.05) is 35.9 Å². The van der Waals surface area contributed by atoms with Crippen LogP contribution in [0.4, 0.5) is 5.69 Å². The van der Waals surface area contributed by atoms with Crippen molar-refractivity contribution < 1.29 is 9.59 Å². The Labute approximate surface area is 258 Å². The number of anilines is 1. The van der Waals surface area contributed by atoms with Crippen LogP contribution in [-0.4, -0.2) is 70.5 Å². The number of tetrazole rings is 2. The molecule has 2 heterocycles. The van der Waals surface area contributed by atoms with Crippen LogP contribution in [0.3, 0.4) is 0 Å². The number of hydrogen-bond donors (Lipinski definition) is 3. The SMILES string of the molecule is CC(=O)N=C1C=CC(=O)C=C1SCCNC(c1ccc(NC(c2ccccc2)c2nnnn2C(C)(C)C)cc1)c1nn[nH]n1. The summed E-state index contributed by atoms with van der Waals surface area (Å²) < 4.78 is 1.84. The van der Waals surface area contributed by atoms with E-state index in [0.29, 0.717) is 34.6 Å². The Bertz CT molecular complexity index is 1670. The third-order valence-corrected chi connectivity index (χ3v) is 7.66. The minimum absolute atomic E-state index is 0.134. The van der Waals surface area contributed by atoms with E-state index in [4.69, 9.17) is 0 Å². The molecule has 0 radical (unpaired) electrons. The maximum Gasteiger partial charge on any atom is 0.243 e. The number of allylic oxidation sites excluding steroid dienone is 4. The quantitative estimate of drug-likeness (QED) is 0.167. The van der Waals surface area contributed by atoms with Crippen LogP contribution < -0.4 is 10.6 Å². The molecule has 226 valence electrons. The lowest BCUT2D eigenvalue weighted by Gasteiger charge is -2.25. The van der Waals surface area contributed by atoms with E-state index in [1.54, 1.807) is 6.08 Å². The topological polar surface area (TPSA) is 169 Å². The molecule has 0 fully saturated rings. The van der Waals surface area contributed by atoms with E-state index in [-0.39, 0.29) is 29.3 Å². The Balaban J connectivity index is 1.31. The zero-order chi connectivity index (χ0) is 31.1. The smallest absolute Gasteiger partial charge is 0.243 e. The molecule has 2 aromatic carbocycles. The lowest BCUT2D eigenvalue weighted by Crippen LogP contribution is -2.29. The molecule has 0 spiro atoms. The highest BCUT2D eigenvalue weighted by Gasteiger charge is 2.27. The first-order chi connectivity index (χ1) is 21.2. The van der Waals surface area contributed by atoms with Crippen molar-refractivity contribution in [1.29, 1.82) is 0 Å². The van der Waals surface area contributed by atoms with Crippen LogP contribution in [0, 0.1) is 0 Å². The minimum atomic E-state index is -0.339. The molecule has 14 heteroatoms. The highest BCUT2D eigenvalue weighted by molar-refractivity contribution is 8.04. The first-order valence-electron chi connectivity index (χ1n) is 14.0. The molecule has 0 bridgehead atoms. The average Bonchev–Trinajstić information content (AvgIpc) is 3.71. The van der Waals surface area contributed by atoms with Gasteiger partial charge in [0.05, 0.1) is 17.3 Å². The number of benzene rings is 2. The summed E-state index contributed by atoms with van der Waals surface area (Å²) in [5, 5.41) is 34.4. The van der Waals surface area contributed by atoms with Gasteiger partial charge in [-0.15, -0.1) is 27.1 Å². The standard InChI is InChI=1S/C30H33N11O2S/c1-19(42)32-24-15-14-23(43)18-25(24)44-17-16-31-26(28-34-37-38-35-28)21-10-12-22(13-11-21)33-27(20-8-6-5-7-9-20)29-36-39-40-41(29)30(2,3)4/h5-15,18,26-27,31,33H,16-17H2,1-4H3,(H,34,35,37,38). The van der Waals surface area contributed by atoms with E-state index in [2.05, 4.69) is 72.5 Å². The number of hydrogen-bond acceptors (Lipinski definition) is 11. The van der Waals surface area contributed by atoms with Gasteiger partial charge >= 0.3 is 0 Å². The molecule has 4 aromatic rings. The number of nitrogens with one attached hydrogen (secondary N) is 3. The van der Waals surface area contributed by atoms with Crippen LogP contribution >= 0.6 is 11.8 Å². The van der Waals surface area contributed by atoms with Crippen LogP contribution in [0.15, 0.2) is 82.7 Å². The number of aromatic nitrogens is 8. The summed E-state index contributed by atoms with van der Waals surface area (Å²) in [7, 11) is 0. The normalized spacial score (nSPS) is 15.7. The largest absolute Gasteiger partial charge is 0.371 e. The van der Waals surface area contributed by atoms with E-state index in [1.165, 1.54) is 30.8 Å². The summed E-state index contributed by atoms with van der Waals surface area (Å²) in [6.45, 7) is 8.13. The second-order valence-corrected chi connectivity index (χ2v) is 12.1. The summed E-state index contributed by atoms with van der Waals surface area (Å²) in [5.74, 6) is 1.36. The van der Waals surface area contributed by atoms with E-state index >= 15 is 0 Å². The second kappa shape index (κ2) is 13.7. The molecule has 0 aliphatic heterocycles. The summed E-state index contributed by atoms with van der Waals surface area (Å²) in [6, 6.07) is 17.4. The molecule has 1 aliphatic rings. The number of thioether (sulfide) groups is 1. The van der Waals surface area contributed by atoms with E-state index in [1.807, 2.05) is 59.3 Å². The van der Waals surface area contributed by atoms with E-state index in [0.717, 1.165) is 16.8 Å². The van der Waals surface area contributed by atoms with Crippen molar-refractivity contribution in [3.8, 4) is 0 Å². The summed E-state index contributed by atoms with van der Waals surface area (Å²) in [4.78, 5) is 28.1. The van der Waals surface area contributed by atoms with Crippen molar-refractivity contribution in [1.82, 2.24) is 46.1 Å².